The first-order valence-corrected chi connectivity index (χ1v) is 6.07. The highest BCUT2D eigenvalue weighted by molar-refractivity contribution is 5.85. The van der Waals surface area contributed by atoms with Crippen LogP contribution >= 0.6 is 0 Å². The Labute approximate surface area is 107 Å². The van der Waals surface area contributed by atoms with Crippen molar-refractivity contribution in [2.24, 2.45) is 0 Å². The number of hydrogen-bond acceptors (Lipinski definition) is 1. The van der Waals surface area contributed by atoms with Gasteiger partial charge in [0.25, 0.3) is 0 Å². The molecule has 88 valence electrons. The minimum atomic E-state index is 0.639. The lowest BCUT2D eigenvalue weighted by Gasteiger charge is -2.15. The fourth-order valence-electron chi connectivity index (χ4n) is 2.09. The maximum absolute atomic E-state index is 5.57. The molecule has 0 aliphatic carbocycles. The van der Waals surface area contributed by atoms with Crippen LogP contribution in [0.25, 0.3) is 11.1 Å². The SMILES string of the molecule is C1=C(c2ccccc2)C=C(c2ccccc2)CO1. The molecule has 3 rings (SSSR count). The van der Waals surface area contributed by atoms with Crippen LogP contribution in [0.1, 0.15) is 11.1 Å². The van der Waals surface area contributed by atoms with E-state index in [-0.39, 0.29) is 0 Å². The number of benzene rings is 2. The van der Waals surface area contributed by atoms with E-state index in [1.54, 1.807) is 0 Å². The third kappa shape index (κ3) is 2.21. The van der Waals surface area contributed by atoms with Gasteiger partial charge in [-0.3, -0.25) is 0 Å². The molecule has 0 atom stereocenters. The number of rotatable bonds is 2. The summed E-state index contributed by atoms with van der Waals surface area (Å²) in [7, 11) is 0. The van der Waals surface area contributed by atoms with E-state index in [0.717, 1.165) is 5.57 Å². The van der Waals surface area contributed by atoms with Crippen LogP contribution in [-0.2, 0) is 4.74 Å². The van der Waals surface area contributed by atoms with Gasteiger partial charge in [-0.15, -0.1) is 0 Å². The third-order valence-corrected chi connectivity index (χ3v) is 3.03. The summed E-state index contributed by atoms with van der Waals surface area (Å²) < 4.78 is 5.57. The minimum Gasteiger partial charge on any atom is -0.496 e. The molecule has 0 aromatic heterocycles. The maximum atomic E-state index is 5.57. The molecule has 1 aliphatic rings. The standard InChI is InChI=1S/C17H14O/c1-3-7-14(8-4-1)16-11-17(13-18-12-16)15-9-5-2-6-10-15/h1-12H,13H2. The van der Waals surface area contributed by atoms with Crippen LogP contribution in [0.2, 0.25) is 0 Å². The van der Waals surface area contributed by atoms with Crippen LogP contribution in [0.15, 0.2) is 73.0 Å². The molecule has 0 unspecified atom stereocenters. The Morgan fingerprint density at radius 2 is 1.33 bits per heavy atom. The summed E-state index contributed by atoms with van der Waals surface area (Å²) >= 11 is 0. The van der Waals surface area contributed by atoms with Gasteiger partial charge in [0.1, 0.15) is 6.61 Å². The van der Waals surface area contributed by atoms with Gasteiger partial charge in [0.2, 0.25) is 0 Å². The fourth-order valence-corrected chi connectivity index (χ4v) is 2.09. The molecule has 18 heavy (non-hydrogen) atoms. The van der Waals surface area contributed by atoms with E-state index in [0.29, 0.717) is 6.61 Å². The average Bonchev–Trinajstić information content (AvgIpc) is 2.49. The van der Waals surface area contributed by atoms with Crippen LogP contribution in [-0.4, -0.2) is 6.61 Å². The van der Waals surface area contributed by atoms with Gasteiger partial charge in [-0.1, -0.05) is 60.7 Å². The van der Waals surface area contributed by atoms with Crippen molar-refractivity contribution in [3.8, 4) is 0 Å². The van der Waals surface area contributed by atoms with E-state index in [4.69, 9.17) is 4.74 Å². The van der Waals surface area contributed by atoms with Crippen LogP contribution in [0.3, 0.4) is 0 Å². The molecule has 1 heteroatoms. The Kier molecular flexibility index (Phi) is 2.97. The second-order valence-electron chi connectivity index (χ2n) is 4.29. The van der Waals surface area contributed by atoms with E-state index in [2.05, 4.69) is 42.5 Å². The van der Waals surface area contributed by atoms with Crippen molar-refractivity contribution in [2.75, 3.05) is 6.61 Å². The third-order valence-electron chi connectivity index (χ3n) is 3.03. The first-order valence-electron chi connectivity index (χ1n) is 6.07. The average molecular weight is 234 g/mol. The van der Waals surface area contributed by atoms with Crippen molar-refractivity contribution in [3.63, 3.8) is 0 Å². The number of allylic oxidation sites excluding steroid dienone is 2. The van der Waals surface area contributed by atoms with Crippen LogP contribution < -0.4 is 0 Å². The lowest BCUT2D eigenvalue weighted by Crippen LogP contribution is -2.00. The summed E-state index contributed by atoms with van der Waals surface area (Å²) in [6.45, 7) is 0.639. The monoisotopic (exact) mass is 234 g/mol. The molecule has 1 aliphatic heterocycles. The molecule has 2 aromatic rings. The molecule has 1 heterocycles. The summed E-state index contributed by atoms with van der Waals surface area (Å²) in [5.41, 5.74) is 4.75. The molecule has 0 amide bonds. The van der Waals surface area contributed by atoms with Crippen LogP contribution in [0.5, 0.6) is 0 Å². The normalized spacial score (nSPS) is 14.4. The second-order valence-corrected chi connectivity index (χ2v) is 4.29. The molecule has 1 nitrogen and oxygen atoms in total. The molecule has 2 aromatic carbocycles. The largest absolute Gasteiger partial charge is 0.496 e. The number of ether oxygens (including phenoxy) is 1. The van der Waals surface area contributed by atoms with E-state index in [1.165, 1.54) is 16.7 Å². The van der Waals surface area contributed by atoms with Crippen LogP contribution in [0.4, 0.5) is 0 Å². The predicted octanol–water partition coefficient (Wildman–Crippen LogP) is 4.14. The molecular formula is C17H14O. The first kappa shape index (κ1) is 10.8. The van der Waals surface area contributed by atoms with Crippen LogP contribution in [0, 0.1) is 0 Å². The zero-order valence-corrected chi connectivity index (χ0v) is 10.0. The van der Waals surface area contributed by atoms with Crippen molar-refractivity contribution in [1.82, 2.24) is 0 Å². The van der Waals surface area contributed by atoms with Gasteiger partial charge in [0.15, 0.2) is 0 Å². The minimum absolute atomic E-state index is 0.639. The van der Waals surface area contributed by atoms with Crippen molar-refractivity contribution < 1.29 is 4.74 Å². The Hall–Kier alpha value is -2.28. The van der Waals surface area contributed by atoms with E-state index in [1.807, 2.05) is 30.5 Å². The fraction of sp³-hybridized carbons (Fsp3) is 0.0588. The quantitative estimate of drug-likeness (QED) is 0.758. The molecule has 0 radical (unpaired) electrons. The maximum Gasteiger partial charge on any atom is 0.113 e. The van der Waals surface area contributed by atoms with Gasteiger partial charge in [0.05, 0.1) is 6.26 Å². The zero-order valence-electron chi connectivity index (χ0n) is 10.0. The molecular weight excluding hydrogens is 220 g/mol. The van der Waals surface area contributed by atoms with E-state index >= 15 is 0 Å². The molecule has 0 N–H and O–H groups in total. The van der Waals surface area contributed by atoms with Crippen molar-refractivity contribution >= 4 is 11.1 Å². The highest BCUT2D eigenvalue weighted by Gasteiger charge is 2.09. The Morgan fingerprint density at radius 1 is 0.722 bits per heavy atom. The molecule has 0 saturated heterocycles. The second kappa shape index (κ2) is 4.92. The summed E-state index contributed by atoms with van der Waals surface area (Å²) in [5.74, 6) is 0. The van der Waals surface area contributed by atoms with E-state index < -0.39 is 0 Å². The van der Waals surface area contributed by atoms with Crippen molar-refractivity contribution in [1.29, 1.82) is 0 Å². The number of hydrogen-bond donors (Lipinski definition) is 0. The topological polar surface area (TPSA) is 9.23 Å². The van der Waals surface area contributed by atoms with E-state index in [9.17, 15) is 0 Å². The Bertz CT molecular complexity index is 580. The summed E-state index contributed by atoms with van der Waals surface area (Å²) in [6, 6.07) is 20.7. The Balaban J connectivity index is 1.95. The molecule has 0 fully saturated rings. The summed E-state index contributed by atoms with van der Waals surface area (Å²) in [5, 5.41) is 0. The lowest BCUT2D eigenvalue weighted by atomic mass is 9.99. The van der Waals surface area contributed by atoms with Gasteiger partial charge >= 0.3 is 0 Å². The molecule has 0 bridgehead atoms. The van der Waals surface area contributed by atoms with Gasteiger partial charge in [0, 0.05) is 5.57 Å². The zero-order chi connectivity index (χ0) is 12.2. The predicted molar refractivity (Wildman–Crippen MR) is 74.8 cm³/mol. The lowest BCUT2D eigenvalue weighted by molar-refractivity contribution is 0.295. The highest BCUT2D eigenvalue weighted by atomic mass is 16.5. The van der Waals surface area contributed by atoms with Gasteiger partial charge in [-0.2, -0.15) is 0 Å². The molecule has 0 saturated carbocycles. The highest BCUT2D eigenvalue weighted by Crippen LogP contribution is 2.26. The van der Waals surface area contributed by atoms with Crippen molar-refractivity contribution in [3.05, 3.63) is 84.1 Å². The first-order chi connectivity index (χ1) is 8.93. The van der Waals surface area contributed by atoms with Gasteiger partial charge < -0.3 is 4.74 Å². The summed E-state index contributed by atoms with van der Waals surface area (Å²) in [6.07, 6.45) is 4.04. The smallest absolute Gasteiger partial charge is 0.113 e. The molecule has 0 spiro atoms. The van der Waals surface area contributed by atoms with Gasteiger partial charge in [-0.25, -0.2) is 0 Å². The Morgan fingerprint density at radius 3 is 2.00 bits per heavy atom. The van der Waals surface area contributed by atoms with Crippen molar-refractivity contribution in [2.45, 2.75) is 0 Å². The van der Waals surface area contributed by atoms with Gasteiger partial charge in [-0.05, 0) is 22.8 Å². The summed E-state index contributed by atoms with van der Waals surface area (Å²) in [4.78, 5) is 0.